The second kappa shape index (κ2) is 5.06. The molecule has 1 atom stereocenters. The molecule has 1 unspecified atom stereocenters. The van der Waals surface area contributed by atoms with Gasteiger partial charge in [0.15, 0.2) is 5.17 Å². The molecule has 0 bridgehead atoms. The van der Waals surface area contributed by atoms with Crippen molar-refractivity contribution in [3.8, 4) is 0 Å². The van der Waals surface area contributed by atoms with Gasteiger partial charge >= 0.3 is 0 Å². The molecule has 86 valence electrons. The van der Waals surface area contributed by atoms with Crippen LogP contribution in [0.1, 0.15) is 13.3 Å². The maximum atomic E-state index is 13.5. The minimum Gasteiger partial charge on any atom is -0.333 e. The van der Waals surface area contributed by atoms with Crippen molar-refractivity contribution in [3.63, 3.8) is 0 Å². The largest absolute Gasteiger partial charge is 0.333 e. The average molecular weight is 259 g/mol. The van der Waals surface area contributed by atoms with Crippen LogP contribution < -0.4 is 5.32 Å². The Morgan fingerprint density at radius 2 is 2.38 bits per heavy atom. The molecule has 1 N–H and O–H groups in total. The molecule has 2 rings (SSSR count). The van der Waals surface area contributed by atoms with Crippen molar-refractivity contribution in [1.82, 2.24) is 0 Å². The van der Waals surface area contributed by atoms with E-state index in [2.05, 4.69) is 17.2 Å². The van der Waals surface area contributed by atoms with Gasteiger partial charge in [-0.3, -0.25) is 4.99 Å². The molecule has 1 aliphatic rings. The molecular formula is C11H12ClFN2S. The zero-order valence-electron chi connectivity index (χ0n) is 8.84. The van der Waals surface area contributed by atoms with Crippen molar-refractivity contribution in [3.05, 3.63) is 29.0 Å². The van der Waals surface area contributed by atoms with Gasteiger partial charge in [-0.05, 0) is 31.5 Å². The lowest BCUT2D eigenvalue weighted by Crippen LogP contribution is -2.18. The second-order valence-corrected chi connectivity index (χ2v) is 5.19. The van der Waals surface area contributed by atoms with Crippen LogP contribution in [0.4, 0.5) is 10.1 Å². The van der Waals surface area contributed by atoms with Crippen LogP contribution in [0.5, 0.6) is 0 Å². The summed E-state index contributed by atoms with van der Waals surface area (Å²) in [5.41, 5.74) is 0.421. The number of nitrogens with zero attached hydrogens (tertiary/aromatic N) is 1. The van der Waals surface area contributed by atoms with Crippen LogP contribution in [0, 0.1) is 5.82 Å². The molecule has 16 heavy (non-hydrogen) atoms. The van der Waals surface area contributed by atoms with Crippen LogP contribution >= 0.6 is 23.4 Å². The zero-order chi connectivity index (χ0) is 11.5. The summed E-state index contributed by atoms with van der Waals surface area (Å²) in [5.74, 6) is 0.663. The third kappa shape index (κ3) is 2.89. The maximum Gasteiger partial charge on any atom is 0.161 e. The number of rotatable bonds is 1. The number of amidine groups is 1. The normalized spacial score (nSPS) is 20.4. The highest BCUT2D eigenvalue weighted by atomic mass is 35.5. The van der Waals surface area contributed by atoms with Crippen molar-refractivity contribution in [2.45, 2.75) is 19.4 Å². The van der Waals surface area contributed by atoms with Gasteiger partial charge in [0, 0.05) is 10.8 Å². The second-order valence-electron chi connectivity index (χ2n) is 3.67. The molecular weight excluding hydrogens is 247 g/mol. The number of hydrogen-bond donors (Lipinski definition) is 1. The molecule has 1 aliphatic heterocycles. The van der Waals surface area contributed by atoms with Crippen LogP contribution in [0.2, 0.25) is 5.02 Å². The Bertz CT molecular complexity index is 422. The predicted molar refractivity (Wildman–Crippen MR) is 69.0 cm³/mol. The minimum absolute atomic E-state index is 0.305. The number of thioether (sulfide) groups is 1. The molecule has 0 aromatic heterocycles. The summed E-state index contributed by atoms with van der Waals surface area (Å²) in [6.07, 6.45) is 1.07. The zero-order valence-corrected chi connectivity index (χ0v) is 10.4. The van der Waals surface area contributed by atoms with Gasteiger partial charge < -0.3 is 5.32 Å². The monoisotopic (exact) mass is 258 g/mol. The first kappa shape index (κ1) is 11.7. The highest BCUT2D eigenvalue weighted by Crippen LogP contribution is 2.23. The smallest absolute Gasteiger partial charge is 0.161 e. The van der Waals surface area contributed by atoms with Crippen molar-refractivity contribution >= 4 is 34.2 Å². The third-order valence-electron chi connectivity index (χ3n) is 2.28. The van der Waals surface area contributed by atoms with E-state index in [1.807, 2.05) is 0 Å². The van der Waals surface area contributed by atoms with Gasteiger partial charge in [-0.25, -0.2) is 4.39 Å². The van der Waals surface area contributed by atoms with E-state index < -0.39 is 0 Å². The van der Waals surface area contributed by atoms with E-state index >= 15 is 0 Å². The van der Waals surface area contributed by atoms with E-state index in [4.69, 9.17) is 11.6 Å². The minimum atomic E-state index is -0.353. The maximum absolute atomic E-state index is 13.5. The van der Waals surface area contributed by atoms with Gasteiger partial charge in [-0.1, -0.05) is 23.4 Å². The van der Waals surface area contributed by atoms with E-state index in [1.54, 1.807) is 23.9 Å². The lowest BCUT2D eigenvalue weighted by molar-refractivity contribution is 0.632. The summed E-state index contributed by atoms with van der Waals surface area (Å²) < 4.78 is 13.5. The first-order valence-electron chi connectivity index (χ1n) is 5.08. The van der Waals surface area contributed by atoms with E-state index in [9.17, 15) is 4.39 Å². The summed E-state index contributed by atoms with van der Waals surface area (Å²) in [5, 5.41) is 4.16. The molecule has 0 amide bonds. The standard InChI is InChI=1S/C11H12ClFN2S/c1-7-4-5-16-11(14-7)15-10-3-2-8(12)6-9(10)13/h2-3,6-7H,4-5H2,1H3,(H,14,15). The summed E-state index contributed by atoms with van der Waals surface area (Å²) in [6.45, 7) is 2.06. The molecule has 0 spiro atoms. The Hall–Kier alpha value is -0.740. The van der Waals surface area contributed by atoms with Gasteiger partial charge in [-0.2, -0.15) is 0 Å². The quantitative estimate of drug-likeness (QED) is 0.829. The fourth-order valence-corrected chi connectivity index (χ4v) is 2.65. The van der Waals surface area contributed by atoms with Crippen LogP contribution in [-0.2, 0) is 0 Å². The third-order valence-corrected chi connectivity index (χ3v) is 3.44. The van der Waals surface area contributed by atoms with E-state index in [0.717, 1.165) is 17.3 Å². The van der Waals surface area contributed by atoms with Crippen LogP contribution in [0.25, 0.3) is 0 Å². The first-order chi connectivity index (χ1) is 7.65. The molecule has 0 saturated carbocycles. The van der Waals surface area contributed by atoms with Crippen LogP contribution in [0.3, 0.4) is 0 Å². The van der Waals surface area contributed by atoms with Crippen molar-refractivity contribution in [1.29, 1.82) is 0 Å². The van der Waals surface area contributed by atoms with E-state index in [1.165, 1.54) is 6.07 Å². The van der Waals surface area contributed by atoms with Gasteiger partial charge in [0.25, 0.3) is 0 Å². The molecule has 1 heterocycles. The fourth-order valence-electron chi connectivity index (χ4n) is 1.40. The van der Waals surface area contributed by atoms with Gasteiger partial charge in [0.2, 0.25) is 0 Å². The van der Waals surface area contributed by atoms with Gasteiger partial charge in [0.1, 0.15) is 5.82 Å². The molecule has 0 radical (unpaired) electrons. The molecule has 1 aromatic rings. The average Bonchev–Trinajstić information content (AvgIpc) is 2.22. The van der Waals surface area contributed by atoms with Gasteiger partial charge in [-0.15, -0.1) is 0 Å². The lowest BCUT2D eigenvalue weighted by atomic mass is 10.3. The Morgan fingerprint density at radius 3 is 3.06 bits per heavy atom. The highest BCUT2D eigenvalue weighted by molar-refractivity contribution is 8.14. The van der Waals surface area contributed by atoms with E-state index in [0.29, 0.717) is 16.8 Å². The van der Waals surface area contributed by atoms with Crippen LogP contribution in [-0.4, -0.2) is 17.0 Å². The summed E-state index contributed by atoms with van der Waals surface area (Å²) in [7, 11) is 0. The van der Waals surface area contributed by atoms with E-state index in [-0.39, 0.29) is 5.82 Å². The topological polar surface area (TPSA) is 24.4 Å². The predicted octanol–water partition coefficient (Wildman–Crippen LogP) is 3.77. The number of benzene rings is 1. The summed E-state index contributed by atoms with van der Waals surface area (Å²) in [6, 6.07) is 4.88. The Balaban J connectivity index is 2.14. The van der Waals surface area contributed by atoms with Crippen molar-refractivity contribution < 1.29 is 4.39 Å². The Morgan fingerprint density at radius 1 is 1.56 bits per heavy atom. The molecule has 0 fully saturated rings. The molecule has 0 aliphatic carbocycles. The Labute approximate surface area is 103 Å². The highest BCUT2D eigenvalue weighted by Gasteiger charge is 2.13. The first-order valence-corrected chi connectivity index (χ1v) is 6.44. The molecule has 0 saturated heterocycles. The Kier molecular flexibility index (Phi) is 3.71. The van der Waals surface area contributed by atoms with Crippen molar-refractivity contribution in [2.75, 3.05) is 11.1 Å². The fraction of sp³-hybridized carbons (Fsp3) is 0.364. The van der Waals surface area contributed by atoms with Crippen molar-refractivity contribution in [2.24, 2.45) is 4.99 Å². The SMILES string of the molecule is CC1CCSC(Nc2ccc(Cl)cc2F)=N1. The number of hydrogen-bond acceptors (Lipinski definition) is 3. The number of aliphatic imine (C=N–C) groups is 1. The molecule has 5 heteroatoms. The number of anilines is 1. The lowest BCUT2D eigenvalue weighted by Gasteiger charge is -2.17. The summed E-state index contributed by atoms with van der Waals surface area (Å²) >= 11 is 7.29. The molecule has 1 aromatic carbocycles. The molecule has 2 nitrogen and oxygen atoms in total. The van der Waals surface area contributed by atoms with Gasteiger partial charge in [0.05, 0.1) is 11.7 Å². The van der Waals surface area contributed by atoms with Crippen LogP contribution in [0.15, 0.2) is 23.2 Å². The summed E-state index contributed by atoms with van der Waals surface area (Å²) in [4.78, 5) is 4.41. The number of nitrogens with one attached hydrogen (secondary N) is 1. The number of halogens is 2.